The van der Waals surface area contributed by atoms with Crippen LogP contribution in [-0.4, -0.2) is 11.6 Å². The first-order chi connectivity index (χ1) is 10.6. The van der Waals surface area contributed by atoms with Crippen molar-refractivity contribution in [3.05, 3.63) is 27.6 Å². The van der Waals surface area contributed by atoms with Gasteiger partial charge in [-0.3, -0.25) is 0 Å². The molecule has 23 heavy (non-hydrogen) atoms. The van der Waals surface area contributed by atoms with E-state index in [1.807, 2.05) is 11.3 Å². The number of hydrogen-bond donors (Lipinski definition) is 0. The van der Waals surface area contributed by atoms with E-state index in [4.69, 9.17) is 0 Å². The molecule has 1 aromatic carbocycles. The quantitative estimate of drug-likeness (QED) is 0.571. The van der Waals surface area contributed by atoms with Crippen LogP contribution in [0.1, 0.15) is 69.0 Å². The van der Waals surface area contributed by atoms with Crippen molar-refractivity contribution >= 4 is 27.1 Å². The molecule has 2 heteroatoms. The summed E-state index contributed by atoms with van der Waals surface area (Å²) in [6.07, 6.45) is 0. The lowest BCUT2D eigenvalue weighted by Crippen LogP contribution is -2.46. The van der Waals surface area contributed by atoms with Crippen molar-refractivity contribution in [2.45, 2.75) is 79.8 Å². The number of benzene rings is 1. The highest BCUT2D eigenvalue weighted by Crippen LogP contribution is 2.53. The minimum absolute atomic E-state index is 0.150. The molecular formula is C21H31NS. The van der Waals surface area contributed by atoms with Gasteiger partial charge < -0.3 is 4.90 Å². The maximum atomic E-state index is 2.67. The summed E-state index contributed by atoms with van der Waals surface area (Å²) in [4.78, 5) is 4.15. The number of anilines is 1. The standard InChI is InChI=1S/C21H31NS/c1-11(2)17-14(5)22(21(7,8)9)16-10-12(3)20-18(19(16)17)13(4)15(6)23-20/h10-11,14,17H,1-9H3. The fraction of sp³-hybridized carbons (Fsp3) is 0.619. The first kappa shape index (κ1) is 16.8. The van der Waals surface area contributed by atoms with Crippen LogP contribution in [0.25, 0.3) is 10.1 Å². The molecule has 2 atom stereocenters. The summed E-state index contributed by atoms with van der Waals surface area (Å²) in [5, 5.41) is 1.56. The minimum atomic E-state index is 0.150. The zero-order chi connectivity index (χ0) is 17.3. The average molecular weight is 330 g/mol. The fourth-order valence-corrected chi connectivity index (χ4v) is 5.87. The van der Waals surface area contributed by atoms with E-state index < -0.39 is 0 Å². The van der Waals surface area contributed by atoms with Gasteiger partial charge in [0.05, 0.1) is 0 Å². The first-order valence-electron chi connectivity index (χ1n) is 8.88. The maximum absolute atomic E-state index is 2.67. The Balaban J connectivity index is 2.43. The lowest BCUT2D eigenvalue weighted by Gasteiger charge is -2.40. The highest BCUT2D eigenvalue weighted by molar-refractivity contribution is 7.19. The van der Waals surface area contributed by atoms with Crippen LogP contribution in [0.3, 0.4) is 0 Å². The van der Waals surface area contributed by atoms with E-state index in [0.29, 0.717) is 17.9 Å². The molecule has 2 unspecified atom stereocenters. The second-order valence-corrected chi connectivity index (χ2v) is 9.89. The Labute approximate surface area is 145 Å². The molecule has 1 aromatic heterocycles. The summed E-state index contributed by atoms with van der Waals surface area (Å²) < 4.78 is 1.51. The summed E-state index contributed by atoms with van der Waals surface area (Å²) in [7, 11) is 0. The lowest BCUT2D eigenvalue weighted by atomic mass is 9.83. The molecule has 0 amide bonds. The van der Waals surface area contributed by atoms with Gasteiger partial charge in [0, 0.05) is 38.1 Å². The third-order valence-corrected chi connectivity index (χ3v) is 6.95. The van der Waals surface area contributed by atoms with E-state index in [2.05, 4.69) is 73.3 Å². The predicted molar refractivity (Wildman–Crippen MR) is 105 cm³/mol. The van der Waals surface area contributed by atoms with E-state index in [0.717, 1.165) is 0 Å². The smallest absolute Gasteiger partial charge is 0.0419 e. The molecule has 0 N–H and O–H groups in total. The molecule has 0 bridgehead atoms. The fourth-order valence-electron chi connectivity index (χ4n) is 4.73. The molecule has 0 spiro atoms. The van der Waals surface area contributed by atoms with E-state index in [1.54, 1.807) is 10.9 Å². The Bertz CT molecular complexity index is 760. The molecule has 0 saturated heterocycles. The van der Waals surface area contributed by atoms with Gasteiger partial charge in [-0.2, -0.15) is 0 Å². The van der Waals surface area contributed by atoms with Crippen molar-refractivity contribution in [1.82, 2.24) is 0 Å². The summed E-state index contributed by atoms with van der Waals surface area (Å²) in [5.74, 6) is 1.27. The maximum Gasteiger partial charge on any atom is 0.0419 e. The first-order valence-corrected chi connectivity index (χ1v) is 9.69. The molecule has 1 aliphatic rings. The van der Waals surface area contributed by atoms with Gasteiger partial charge in [0.25, 0.3) is 0 Å². The van der Waals surface area contributed by atoms with Crippen LogP contribution in [0.2, 0.25) is 0 Å². The van der Waals surface area contributed by atoms with Gasteiger partial charge in [0.1, 0.15) is 0 Å². The summed E-state index contributed by atoms with van der Waals surface area (Å²) in [6, 6.07) is 3.01. The van der Waals surface area contributed by atoms with Gasteiger partial charge in [-0.15, -0.1) is 11.3 Å². The Morgan fingerprint density at radius 3 is 2.26 bits per heavy atom. The predicted octanol–water partition coefficient (Wildman–Crippen LogP) is 6.57. The Morgan fingerprint density at radius 2 is 1.74 bits per heavy atom. The molecule has 1 nitrogen and oxygen atoms in total. The van der Waals surface area contributed by atoms with Crippen LogP contribution in [0.4, 0.5) is 5.69 Å². The third kappa shape index (κ3) is 2.33. The molecule has 126 valence electrons. The van der Waals surface area contributed by atoms with E-state index in [-0.39, 0.29) is 5.54 Å². The molecule has 0 aliphatic carbocycles. The molecule has 0 fully saturated rings. The van der Waals surface area contributed by atoms with E-state index in [1.165, 1.54) is 26.4 Å². The van der Waals surface area contributed by atoms with Crippen LogP contribution in [0, 0.1) is 26.7 Å². The summed E-state index contributed by atoms with van der Waals surface area (Å²) in [6.45, 7) is 21.1. The number of thiophene rings is 1. The van der Waals surface area contributed by atoms with Crippen LogP contribution >= 0.6 is 11.3 Å². The van der Waals surface area contributed by atoms with Crippen LogP contribution in [0.15, 0.2) is 6.07 Å². The number of rotatable bonds is 1. The monoisotopic (exact) mass is 329 g/mol. The Morgan fingerprint density at radius 1 is 1.13 bits per heavy atom. The largest absolute Gasteiger partial charge is 0.363 e. The second kappa shape index (κ2) is 5.24. The van der Waals surface area contributed by atoms with Crippen molar-refractivity contribution in [1.29, 1.82) is 0 Å². The van der Waals surface area contributed by atoms with Crippen LogP contribution < -0.4 is 4.90 Å². The number of hydrogen-bond acceptors (Lipinski definition) is 2. The van der Waals surface area contributed by atoms with Crippen molar-refractivity contribution < 1.29 is 0 Å². The zero-order valence-corrected chi connectivity index (χ0v) is 17.0. The van der Waals surface area contributed by atoms with Crippen molar-refractivity contribution in [2.24, 2.45) is 5.92 Å². The number of aryl methyl sites for hydroxylation is 3. The van der Waals surface area contributed by atoms with E-state index >= 15 is 0 Å². The van der Waals surface area contributed by atoms with Crippen molar-refractivity contribution in [2.75, 3.05) is 4.90 Å². The third-order valence-electron chi connectivity index (χ3n) is 5.60. The molecule has 0 radical (unpaired) electrons. The molecule has 2 aromatic rings. The zero-order valence-electron chi connectivity index (χ0n) is 16.2. The topological polar surface area (TPSA) is 3.24 Å². The Hall–Kier alpha value is -1.02. The number of fused-ring (bicyclic) bond motifs is 3. The SMILES string of the molecule is Cc1sc2c(C)cc3c(c2c1C)C(C(C)C)C(C)N3C(C)(C)C. The molecular weight excluding hydrogens is 298 g/mol. The van der Waals surface area contributed by atoms with E-state index in [9.17, 15) is 0 Å². The Kier molecular flexibility index (Phi) is 3.83. The normalized spacial score (nSPS) is 21.6. The van der Waals surface area contributed by atoms with Gasteiger partial charge in [-0.1, -0.05) is 13.8 Å². The highest BCUT2D eigenvalue weighted by Gasteiger charge is 2.43. The van der Waals surface area contributed by atoms with Gasteiger partial charge in [-0.25, -0.2) is 0 Å². The minimum Gasteiger partial charge on any atom is -0.363 e. The second-order valence-electron chi connectivity index (χ2n) is 8.66. The van der Waals surface area contributed by atoms with Gasteiger partial charge >= 0.3 is 0 Å². The summed E-state index contributed by atoms with van der Waals surface area (Å²) in [5.41, 5.74) is 6.18. The highest BCUT2D eigenvalue weighted by atomic mass is 32.1. The average Bonchev–Trinajstić information content (AvgIpc) is 2.85. The van der Waals surface area contributed by atoms with Gasteiger partial charge in [0.15, 0.2) is 0 Å². The molecule has 2 heterocycles. The van der Waals surface area contributed by atoms with Crippen LogP contribution in [0.5, 0.6) is 0 Å². The van der Waals surface area contributed by atoms with Crippen molar-refractivity contribution in [3.63, 3.8) is 0 Å². The molecule has 0 saturated carbocycles. The number of nitrogens with zero attached hydrogens (tertiary/aromatic N) is 1. The lowest BCUT2D eigenvalue weighted by molar-refractivity contribution is 0.387. The summed E-state index contributed by atoms with van der Waals surface area (Å²) >= 11 is 1.98. The molecule has 1 aliphatic heterocycles. The van der Waals surface area contributed by atoms with Gasteiger partial charge in [0.2, 0.25) is 0 Å². The van der Waals surface area contributed by atoms with Crippen LogP contribution in [-0.2, 0) is 0 Å². The van der Waals surface area contributed by atoms with Crippen molar-refractivity contribution in [3.8, 4) is 0 Å². The van der Waals surface area contributed by atoms with Gasteiger partial charge in [-0.05, 0) is 77.1 Å². The molecule has 3 rings (SSSR count).